The molecule has 12 rings (SSSR count). The summed E-state index contributed by atoms with van der Waals surface area (Å²) in [6, 6.07) is 110. The summed E-state index contributed by atoms with van der Waals surface area (Å²) < 4.78 is 0. The number of hydrogen-bond acceptors (Lipinski definition) is 1. The fourth-order valence-corrected chi connectivity index (χ4v) is 16.0. The van der Waals surface area contributed by atoms with Crippen molar-refractivity contribution in [2.24, 2.45) is 0 Å². The van der Waals surface area contributed by atoms with Gasteiger partial charge in [-0.25, -0.2) is 0 Å². The van der Waals surface area contributed by atoms with E-state index in [9.17, 15) is 0 Å². The number of rotatable bonds is 11. The maximum atomic E-state index is 2.45. The second kappa shape index (κ2) is 17.9. The quantitative estimate of drug-likeness (QED) is 0.0924. The molecule has 0 N–H and O–H groups in total. The smallest absolute Gasteiger partial charge is 0.179 e. The van der Waals surface area contributed by atoms with Crippen LogP contribution in [0.1, 0.15) is 22.3 Å². The van der Waals surface area contributed by atoms with E-state index in [0.717, 1.165) is 17.1 Å². The molecule has 0 bridgehead atoms. The Kier molecular flexibility index (Phi) is 10.9. The Hall–Kier alpha value is -8.56. The zero-order valence-corrected chi connectivity index (χ0v) is 39.2. The van der Waals surface area contributed by atoms with Gasteiger partial charge in [0.25, 0.3) is 0 Å². The summed E-state index contributed by atoms with van der Waals surface area (Å²) in [4.78, 5) is 2.40. The molecule has 0 aromatic heterocycles. The van der Waals surface area contributed by atoms with Crippen molar-refractivity contribution >= 4 is 45.9 Å². The minimum absolute atomic E-state index is 0.457. The number of benzene rings is 11. The molecule has 0 saturated heterocycles. The minimum atomic E-state index is -2.71. The van der Waals surface area contributed by atoms with Gasteiger partial charge >= 0.3 is 0 Å². The number of anilines is 3. The van der Waals surface area contributed by atoms with E-state index in [1.54, 1.807) is 0 Å². The highest BCUT2D eigenvalue weighted by Gasteiger charge is 2.46. The van der Waals surface area contributed by atoms with Crippen molar-refractivity contribution in [3.8, 4) is 33.4 Å². The predicted molar refractivity (Wildman–Crippen MR) is 293 cm³/mol. The highest BCUT2D eigenvalue weighted by Crippen LogP contribution is 2.56. The molecule has 2 heteroatoms. The van der Waals surface area contributed by atoms with Crippen molar-refractivity contribution in [2.75, 3.05) is 4.90 Å². The Morgan fingerprint density at radius 3 is 1.06 bits per heavy atom. The average Bonchev–Trinajstić information content (AvgIpc) is 3.74. The first kappa shape index (κ1) is 41.8. The van der Waals surface area contributed by atoms with Gasteiger partial charge in [0.05, 0.1) is 5.41 Å². The molecule has 326 valence electrons. The van der Waals surface area contributed by atoms with Gasteiger partial charge in [-0.15, -0.1) is 0 Å². The van der Waals surface area contributed by atoms with E-state index in [2.05, 4.69) is 302 Å². The van der Waals surface area contributed by atoms with Crippen LogP contribution in [0.2, 0.25) is 0 Å². The Bertz CT molecular complexity index is 3350. The molecule has 0 amide bonds. The summed E-state index contributed by atoms with van der Waals surface area (Å²) in [5.74, 6) is 0. The maximum absolute atomic E-state index is 2.71. The van der Waals surface area contributed by atoms with E-state index in [0.29, 0.717) is 0 Å². The highest BCUT2D eigenvalue weighted by atomic mass is 28.3. The molecule has 0 radical (unpaired) electrons. The van der Waals surface area contributed by atoms with Gasteiger partial charge in [0.2, 0.25) is 0 Å². The van der Waals surface area contributed by atoms with Crippen LogP contribution >= 0.6 is 0 Å². The van der Waals surface area contributed by atoms with Gasteiger partial charge in [-0.1, -0.05) is 255 Å². The molecule has 0 spiro atoms. The Morgan fingerprint density at radius 2 is 0.580 bits per heavy atom. The average molecular weight is 896 g/mol. The molecule has 11 aromatic rings. The molecule has 11 aromatic carbocycles. The summed E-state index contributed by atoms with van der Waals surface area (Å²) >= 11 is 0. The zero-order valence-electron chi connectivity index (χ0n) is 38.2. The van der Waals surface area contributed by atoms with Crippen LogP contribution in [0.3, 0.4) is 0 Å². The van der Waals surface area contributed by atoms with Gasteiger partial charge in [0.15, 0.2) is 8.07 Å². The Morgan fingerprint density at radius 1 is 0.246 bits per heavy atom. The molecule has 0 fully saturated rings. The van der Waals surface area contributed by atoms with Crippen LogP contribution in [0.25, 0.3) is 33.4 Å². The van der Waals surface area contributed by atoms with E-state index in [4.69, 9.17) is 0 Å². The van der Waals surface area contributed by atoms with Crippen LogP contribution in [0.4, 0.5) is 17.1 Å². The van der Waals surface area contributed by atoms with E-state index in [1.165, 1.54) is 76.4 Å². The monoisotopic (exact) mass is 895 g/mol. The van der Waals surface area contributed by atoms with Gasteiger partial charge in [0.1, 0.15) is 0 Å². The number of nitrogens with zero attached hydrogens (tertiary/aromatic N) is 1. The SMILES string of the molecule is c1ccc(-c2ccc(N(c3ccc(-c4ccc5c(c4)C(c4ccccc4)(c4ccccc4)c4ccccc4-5)cc3)c3ccc([Si](c4ccccc4)(c4ccccc4)c4ccccc4)cc3)cc2)cc1. The summed E-state index contributed by atoms with van der Waals surface area (Å²) in [6.45, 7) is 0. The van der Waals surface area contributed by atoms with Crippen LogP contribution in [0, 0.1) is 0 Å². The third kappa shape index (κ3) is 7.16. The molecular formula is C67H49NSi. The molecule has 0 saturated carbocycles. The van der Waals surface area contributed by atoms with Gasteiger partial charge in [-0.3, -0.25) is 0 Å². The second-order valence-corrected chi connectivity index (χ2v) is 21.8. The van der Waals surface area contributed by atoms with Gasteiger partial charge in [-0.05, 0) is 119 Å². The molecule has 1 aliphatic carbocycles. The van der Waals surface area contributed by atoms with E-state index >= 15 is 0 Å². The lowest BCUT2D eigenvalue weighted by Gasteiger charge is -2.35. The molecule has 1 aliphatic rings. The molecule has 0 aliphatic heterocycles. The Labute approximate surface area is 407 Å². The largest absolute Gasteiger partial charge is 0.311 e. The van der Waals surface area contributed by atoms with Crippen molar-refractivity contribution in [2.45, 2.75) is 5.41 Å². The first-order valence-electron chi connectivity index (χ1n) is 23.9. The molecule has 0 atom stereocenters. The first-order valence-corrected chi connectivity index (χ1v) is 25.9. The van der Waals surface area contributed by atoms with Gasteiger partial charge < -0.3 is 4.90 Å². The number of fused-ring (bicyclic) bond motifs is 3. The van der Waals surface area contributed by atoms with Crippen LogP contribution in [-0.2, 0) is 5.41 Å². The van der Waals surface area contributed by atoms with Crippen molar-refractivity contribution in [1.29, 1.82) is 0 Å². The zero-order chi connectivity index (χ0) is 46.0. The van der Waals surface area contributed by atoms with Crippen molar-refractivity contribution in [3.05, 3.63) is 320 Å². The summed E-state index contributed by atoms with van der Waals surface area (Å²) in [5, 5.41) is 5.42. The molecule has 69 heavy (non-hydrogen) atoms. The minimum Gasteiger partial charge on any atom is -0.311 e. The molecule has 0 heterocycles. The second-order valence-electron chi connectivity index (χ2n) is 18.0. The van der Waals surface area contributed by atoms with E-state index < -0.39 is 13.5 Å². The summed E-state index contributed by atoms with van der Waals surface area (Å²) in [6.07, 6.45) is 0. The lowest BCUT2D eigenvalue weighted by atomic mass is 9.67. The highest BCUT2D eigenvalue weighted by molar-refractivity contribution is 7.19. The third-order valence-electron chi connectivity index (χ3n) is 14.3. The number of hydrogen-bond donors (Lipinski definition) is 0. The van der Waals surface area contributed by atoms with Crippen molar-refractivity contribution in [3.63, 3.8) is 0 Å². The standard InChI is InChI=1S/C67H49NSi/c1-7-21-50(22-8-1)51-35-40-56(41-36-51)68(58-44-46-62(47-45-58)69(59-27-13-4-14-28-59,60-29-15-5-16-30-60)61-31-17-6-18-32-61)57-42-37-52(38-43-57)53-39-48-64-63-33-19-20-34-65(63)67(66(64)49-53,54-23-9-2-10-24-54)55-25-11-3-12-26-55/h1-49H. The van der Waals surface area contributed by atoms with E-state index in [-0.39, 0.29) is 0 Å². The normalized spacial score (nSPS) is 12.5. The van der Waals surface area contributed by atoms with Gasteiger partial charge in [0, 0.05) is 17.1 Å². The van der Waals surface area contributed by atoms with Crippen LogP contribution in [0.5, 0.6) is 0 Å². The third-order valence-corrected chi connectivity index (χ3v) is 19.1. The molecular weight excluding hydrogens is 847 g/mol. The van der Waals surface area contributed by atoms with Gasteiger partial charge in [-0.2, -0.15) is 0 Å². The fraction of sp³-hybridized carbons (Fsp3) is 0.0149. The summed E-state index contributed by atoms with van der Waals surface area (Å²) in [7, 11) is -2.71. The fourth-order valence-electron chi connectivity index (χ4n) is 11.2. The molecule has 1 nitrogen and oxygen atoms in total. The van der Waals surface area contributed by atoms with Crippen LogP contribution in [-0.4, -0.2) is 8.07 Å². The van der Waals surface area contributed by atoms with Crippen molar-refractivity contribution < 1.29 is 0 Å². The maximum Gasteiger partial charge on any atom is 0.179 e. The van der Waals surface area contributed by atoms with Crippen LogP contribution in [0.15, 0.2) is 297 Å². The predicted octanol–water partition coefficient (Wildman–Crippen LogP) is 14.2. The first-order chi connectivity index (χ1) is 34.2. The topological polar surface area (TPSA) is 3.24 Å². The lowest BCUT2D eigenvalue weighted by Crippen LogP contribution is -2.74. The van der Waals surface area contributed by atoms with Crippen LogP contribution < -0.4 is 25.6 Å². The van der Waals surface area contributed by atoms with E-state index in [1.807, 2.05) is 0 Å². The lowest BCUT2D eigenvalue weighted by molar-refractivity contribution is 0.769. The summed E-state index contributed by atoms with van der Waals surface area (Å²) in [5.41, 5.74) is 15.3. The van der Waals surface area contributed by atoms with Crippen molar-refractivity contribution in [1.82, 2.24) is 0 Å². The Balaban J connectivity index is 0.980. The molecule has 0 unspecified atom stereocenters.